The van der Waals surface area contributed by atoms with Gasteiger partial charge in [0.2, 0.25) is 0 Å². The third kappa shape index (κ3) is 2.38. The van der Waals surface area contributed by atoms with Gasteiger partial charge >= 0.3 is 0 Å². The van der Waals surface area contributed by atoms with E-state index in [0.717, 1.165) is 23.9 Å². The summed E-state index contributed by atoms with van der Waals surface area (Å²) in [4.78, 5) is 14.8. The fourth-order valence-corrected chi connectivity index (χ4v) is 3.89. The summed E-state index contributed by atoms with van der Waals surface area (Å²) in [6.45, 7) is 0.889. The number of hydrogen-bond acceptors (Lipinski definition) is 2. The number of halogens is 1. The van der Waals surface area contributed by atoms with E-state index in [1.807, 2.05) is 12.1 Å². The molecule has 1 amide bonds. The SMILES string of the molecule is Nc1ccc(Br)cc1C(=O)N1CCC2CCCCC21. The Morgan fingerprint density at radius 3 is 2.89 bits per heavy atom. The number of carbonyl (C=O) groups excluding carboxylic acids is 1. The van der Waals surface area contributed by atoms with Gasteiger partial charge in [-0.3, -0.25) is 4.79 Å². The number of hydrogen-bond donors (Lipinski definition) is 1. The molecule has 0 radical (unpaired) electrons. The Morgan fingerprint density at radius 1 is 1.26 bits per heavy atom. The number of carbonyl (C=O) groups is 1. The number of anilines is 1. The van der Waals surface area contributed by atoms with Gasteiger partial charge in [0.15, 0.2) is 0 Å². The predicted molar refractivity (Wildman–Crippen MR) is 80.0 cm³/mol. The van der Waals surface area contributed by atoms with Crippen LogP contribution in [0.5, 0.6) is 0 Å². The Labute approximate surface area is 122 Å². The molecule has 3 rings (SSSR count). The minimum Gasteiger partial charge on any atom is -0.398 e. The quantitative estimate of drug-likeness (QED) is 0.805. The Kier molecular flexibility index (Phi) is 3.52. The van der Waals surface area contributed by atoms with Crippen LogP contribution in [0.4, 0.5) is 5.69 Å². The van der Waals surface area contributed by atoms with E-state index in [1.165, 1.54) is 19.3 Å². The van der Waals surface area contributed by atoms with Crippen molar-refractivity contribution in [2.75, 3.05) is 12.3 Å². The smallest absolute Gasteiger partial charge is 0.256 e. The fraction of sp³-hybridized carbons (Fsp3) is 0.533. The van der Waals surface area contributed by atoms with Gasteiger partial charge in [0.05, 0.1) is 5.56 Å². The maximum absolute atomic E-state index is 12.7. The van der Waals surface area contributed by atoms with Crippen LogP contribution in [-0.2, 0) is 0 Å². The highest BCUT2D eigenvalue weighted by molar-refractivity contribution is 9.10. The maximum Gasteiger partial charge on any atom is 0.256 e. The molecule has 1 aliphatic carbocycles. The van der Waals surface area contributed by atoms with Crippen molar-refractivity contribution >= 4 is 27.5 Å². The van der Waals surface area contributed by atoms with Crippen LogP contribution in [0.2, 0.25) is 0 Å². The summed E-state index contributed by atoms with van der Waals surface area (Å²) in [6.07, 6.45) is 6.16. The molecular formula is C15H19BrN2O. The molecule has 0 bridgehead atoms. The molecule has 2 N–H and O–H groups in total. The van der Waals surface area contributed by atoms with Crippen LogP contribution in [0.1, 0.15) is 42.5 Å². The van der Waals surface area contributed by atoms with E-state index in [2.05, 4.69) is 20.8 Å². The first kappa shape index (κ1) is 13.0. The number of rotatable bonds is 1. The lowest BCUT2D eigenvalue weighted by molar-refractivity contribution is 0.0691. The lowest BCUT2D eigenvalue weighted by atomic mass is 9.85. The van der Waals surface area contributed by atoms with Gasteiger partial charge in [0, 0.05) is 22.7 Å². The zero-order valence-electron chi connectivity index (χ0n) is 10.9. The summed E-state index contributed by atoms with van der Waals surface area (Å²) in [5.41, 5.74) is 7.17. The van der Waals surface area contributed by atoms with Crippen molar-refractivity contribution in [1.29, 1.82) is 0 Å². The van der Waals surface area contributed by atoms with E-state index in [4.69, 9.17) is 5.73 Å². The average Bonchev–Trinajstić information content (AvgIpc) is 2.84. The highest BCUT2D eigenvalue weighted by Crippen LogP contribution is 2.37. The second kappa shape index (κ2) is 5.16. The molecule has 3 nitrogen and oxygen atoms in total. The molecule has 2 fully saturated rings. The van der Waals surface area contributed by atoms with Crippen LogP contribution in [0.15, 0.2) is 22.7 Å². The third-order valence-electron chi connectivity index (χ3n) is 4.52. The average molecular weight is 323 g/mol. The number of nitrogen functional groups attached to an aromatic ring is 1. The summed E-state index contributed by atoms with van der Waals surface area (Å²) in [5, 5.41) is 0. The van der Waals surface area contributed by atoms with E-state index in [-0.39, 0.29) is 5.91 Å². The van der Waals surface area contributed by atoms with E-state index in [0.29, 0.717) is 23.2 Å². The summed E-state index contributed by atoms with van der Waals surface area (Å²) in [6, 6.07) is 5.96. The summed E-state index contributed by atoms with van der Waals surface area (Å²) in [5.74, 6) is 0.819. The third-order valence-corrected chi connectivity index (χ3v) is 5.01. The Hall–Kier alpha value is -1.03. The zero-order chi connectivity index (χ0) is 13.4. The summed E-state index contributed by atoms with van der Waals surface area (Å²) in [7, 11) is 0. The van der Waals surface area contributed by atoms with Gasteiger partial charge < -0.3 is 10.6 Å². The van der Waals surface area contributed by atoms with Crippen LogP contribution in [0.25, 0.3) is 0 Å². The second-order valence-corrected chi connectivity index (χ2v) is 6.55. The van der Waals surface area contributed by atoms with Crippen LogP contribution in [-0.4, -0.2) is 23.4 Å². The lowest BCUT2D eigenvalue weighted by Crippen LogP contribution is -2.39. The predicted octanol–water partition coefficient (Wildman–Crippen LogP) is 3.44. The van der Waals surface area contributed by atoms with Crippen molar-refractivity contribution in [3.05, 3.63) is 28.2 Å². The van der Waals surface area contributed by atoms with Crippen molar-refractivity contribution in [3.8, 4) is 0 Å². The van der Waals surface area contributed by atoms with Crippen LogP contribution >= 0.6 is 15.9 Å². The van der Waals surface area contributed by atoms with Crippen molar-refractivity contribution in [1.82, 2.24) is 4.90 Å². The number of nitrogens with zero attached hydrogens (tertiary/aromatic N) is 1. The molecule has 1 aliphatic heterocycles. The first-order valence-corrected chi connectivity index (χ1v) is 7.82. The van der Waals surface area contributed by atoms with Gasteiger partial charge in [0.1, 0.15) is 0 Å². The first-order chi connectivity index (χ1) is 9.16. The van der Waals surface area contributed by atoms with E-state index < -0.39 is 0 Å². The molecule has 2 atom stereocenters. The molecule has 102 valence electrons. The molecule has 4 heteroatoms. The van der Waals surface area contributed by atoms with Crippen molar-refractivity contribution < 1.29 is 4.79 Å². The normalized spacial score (nSPS) is 26.3. The fourth-order valence-electron chi connectivity index (χ4n) is 3.53. The minimum atomic E-state index is 0.105. The molecule has 1 saturated heterocycles. The summed E-state index contributed by atoms with van der Waals surface area (Å²) < 4.78 is 0.907. The molecule has 0 spiro atoms. The molecule has 0 aromatic heterocycles. The minimum absolute atomic E-state index is 0.105. The molecule has 1 aromatic carbocycles. The first-order valence-electron chi connectivity index (χ1n) is 7.03. The molecule has 1 heterocycles. The zero-order valence-corrected chi connectivity index (χ0v) is 12.5. The van der Waals surface area contributed by atoms with Gasteiger partial charge in [-0.05, 0) is 43.4 Å². The van der Waals surface area contributed by atoms with Gasteiger partial charge in [-0.1, -0.05) is 28.8 Å². The Balaban J connectivity index is 1.85. The van der Waals surface area contributed by atoms with E-state index in [1.54, 1.807) is 6.07 Å². The van der Waals surface area contributed by atoms with Crippen molar-refractivity contribution in [2.24, 2.45) is 5.92 Å². The number of fused-ring (bicyclic) bond motifs is 1. The van der Waals surface area contributed by atoms with Gasteiger partial charge in [0.25, 0.3) is 5.91 Å². The molecule has 19 heavy (non-hydrogen) atoms. The highest BCUT2D eigenvalue weighted by atomic mass is 79.9. The number of benzene rings is 1. The summed E-state index contributed by atoms with van der Waals surface area (Å²) >= 11 is 3.42. The van der Waals surface area contributed by atoms with Gasteiger partial charge in [-0.2, -0.15) is 0 Å². The van der Waals surface area contributed by atoms with Gasteiger partial charge in [-0.15, -0.1) is 0 Å². The van der Waals surface area contributed by atoms with Crippen molar-refractivity contribution in [3.63, 3.8) is 0 Å². The molecule has 1 saturated carbocycles. The number of amides is 1. The standard InChI is InChI=1S/C15H19BrN2O/c16-11-5-6-13(17)12(9-11)15(19)18-8-7-10-3-1-2-4-14(10)18/h5-6,9-10,14H,1-4,7-8,17H2. The highest BCUT2D eigenvalue weighted by Gasteiger charge is 2.38. The van der Waals surface area contributed by atoms with Crippen LogP contribution in [0, 0.1) is 5.92 Å². The monoisotopic (exact) mass is 322 g/mol. The largest absolute Gasteiger partial charge is 0.398 e. The maximum atomic E-state index is 12.7. The van der Waals surface area contributed by atoms with Crippen molar-refractivity contribution in [2.45, 2.75) is 38.1 Å². The lowest BCUT2D eigenvalue weighted by Gasteiger charge is -2.32. The molecule has 1 aromatic rings. The van der Waals surface area contributed by atoms with Crippen LogP contribution in [0.3, 0.4) is 0 Å². The second-order valence-electron chi connectivity index (χ2n) is 5.63. The Bertz CT molecular complexity index is 503. The van der Waals surface area contributed by atoms with Crippen LogP contribution < -0.4 is 5.73 Å². The molecule has 2 unspecified atom stereocenters. The van der Waals surface area contributed by atoms with E-state index in [9.17, 15) is 4.79 Å². The topological polar surface area (TPSA) is 46.3 Å². The number of nitrogens with two attached hydrogens (primary N) is 1. The molecule has 2 aliphatic rings. The Morgan fingerprint density at radius 2 is 2.05 bits per heavy atom. The molecular weight excluding hydrogens is 304 g/mol. The van der Waals surface area contributed by atoms with Gasteiger partial charge in [-0.25, -0.2) is 0 Å². The number of likely N-dealkylation sites (tertiary alicyclic amines) is 1. The van der Waals surface area contributed by atoms with E-state index >= 15 is 0 Å².